The molecule has 2 N–H and O–H groups in total. The summed E-state index contributed by atoms with van der Waals surface area (Å²) in [6, 6.07) is 6.04. The van der Waals surface area contributed by atoms with Crippen molar-refractivity contribution in [1.82, 2.24) is 15.6 Å². The van der Waals surface area contributed by atoms with Gasteiger partial charge in [0.25, 0.3) is 5.91 Å². The molecule has 2 aromatic rings. The molecule has 1 saturated heterocycles. The molecule has 2 aliphatic rings. The molecule has 0 radical (unpaired) electrons. The molecule has 0 bridgehead atoms. The van der Waals surface area contributed by atoms with E-state index in [1.165, 1.54) is 12.1 Å². The van der Waals surface area contributed by atoms with Crippen molar-refractivity contribution in [1.29, 1.82) is 0 Å². The zero-order valence-electron chi connectivity index (χ0n) is 17.2. The van der Waals surface area contributed by atoms with Crippen LogP contribution in [0.1, 0.15) is 37.1 Å². The molecular weight excluding hydrogens is 421 g/mol. The molecule has 1 amide bonds. The van der Waals surface area contributed by atoms with Crippen LogP contribution >= 0.6 is 12.2 Å². The minimum absolute atomic E-state index is 0.0669. The summed E-state index contributed by atoms with van der Waals surface area (Å²) in [5, 5.41) is 5.64. The van der Waals surface area contributed by atoms with Gasteiger partial charge >= 0.3 is 0 Å². The van der Waals surface area contributed by atoms with E-state index in [0.717, 1.165) is 36.9 Å². The van der Waals surface area contributed by atoms with Crippen molar-refractivity contribution in [2.45, 2.75) is 51.4 Å². The average Bonchev–Trinajstić information content (AvgIpc) is 3.28. The number of thiocarbonyl (C=S) groups is 1. The first-order chi connectivity index (χ1) is 15.0. The highest BCUT2D eigenvalue weighted by molar-refractivity contribution is 7.80. The smallest absolute Gasteiger partial charge is 0.273 e. The summed E-state index contributed by atoms with van der Waals surface area (Å²) in [7, 11) is 0. The fraction of sp³-hybridized carbons (Fsp3) is 0.409. The van der Waals surface area contributed by atoms with Crippen molar-refractivity contribution >= 4 is 23.2 Å². The van der Waals surface area contributed by atoms with Crippen LogP contribution in [0.5, 0.6) is 0 Å². The van der Waals surface area contributed by atoms with Crippen LogP contribution in [-0.4, -0.2) is 34.8 Å². The van der Waals surface area contributed by atoms with Crippen LogP contribution < -0.4 is 10.6 Å². The highest BCUT2D eigenvalue weighted by Gasteiger charge is 2.25. The molecule has 0 spiro atoms. The van der Waals surface area contributed by atoms with Crippen LogP contribution in [0.25, 0.3) is 11.5 Å². The summed E-state index contributed by atoms with van der Waals surface area (Å²) in [5.41, 5.74) is 1.88. The second kappa shape index (κ2) is 9.67. The highest BCUT2D eigenvalue weighted by atomic mass is 32.1. The highest BCUT2D eigenvalue weighted by Crippen LogP contribution is 2.26. The van der Waals surface area contributed by atoms with E-state index in [-0.39, 0.29) is 23.9 Å². The number of halogens is 1. The summed E-state index contributed by atoms with van der Waals surface area (Å²) < 4.78 is 30.9. The quantitative estimate of drug-likeness (QED) is 0.498. The van der Waals surface area contributed by atoms with Crippen LogP contribution in [0, 0.1) is 12.7 Å². The summed E-state index contributed by atoms with van der Waals surface area (Å²) in [6.07, 6.45) is 5.54. The number of carbonyl (C=O) groups is 1. The zero-order valence-corrected chi connectivity index (χ0v) is 18.0. The number of ether oxygens (including phenoxy) is 2. The van der Waals surface area contributed by atoms with Gasteiger partial charge in [-0.05, 0) is 75.2 Å². The summed E-state index contributed by atoms with van der Waals surface area (Å²) in [4.78, 5) is 16.1. The maximum atomic E-state index is 13.1. The predicted molar refractivity (Wildman–Crippen MR) is 115 cm³/mol. The maximum Gasteiger partial charge on any atom is 0.273 e. The van der Waals surface area contributed by atoms with Crippen molar-refractivity contribution in [2.75, 3.05) is 6.61 Å². The monoisotopic (exact) mass is 445 g/mol. The van der Waals surface area contributed by atoms with Gasteiger partial charge < -0.3 is 19.2 Å². The first kappa shape index (κ1) is 21.6. The number of aryl methyl sites for hydroxylation is 1. The minimum Gasteiger partial charge on any atom is -0.441 e. The van der Waals surface area contributed by atoms with E-state index in [9.17, 15) is 9.18 Å². The number of aromatic nitrogens is 1. The van der Waals surface area contributed by atoms with Gasteiger partial charge in [0, 0.05) is 5.56 Å². The Hall–Kier alpha value is -2.62. The molecule has 164 valence electrons. The predicted octanol–water partition coefficient (Wildman–Crippen LogP) is 3.52. The zero-order chi connectivity index (χ0) is 21.8. The molecule has 1 aromatic heterocycles. The molecule has 1 aliphatic carbocycles. The lowest BCUT2D eigenvalue weighted by Crippen LogP contribution is -2.28. The fourth-order valence-electron chi connectivity index (χ4n) is 3.67. The molecule has 2 heterocycles. The molecule has 0 unspecified atom stereocenters. The van der Waals surface area contributed by atoms with E-state index < -0.39 is 0 Å². The van der Waals surface area contributed by atoms with Gasteiger partial charge in [0.15, 0.2) is 5.11 Å². The van der Waals surface area contributed by atoms with Gasteiger partial charge in [-0.15, -0.1) is 0 Å². The van der Waals surface area contributed by atoms with Gasteiger partial charge in [-0.25, -0.2) is 9.37 Å². The number of nitrogens with one attached hydrogen (secondary N) is 2. The molecule has 4 rings (SSSR count). The number of amides is 1. The van der Waals surface area contributed by atoms with E-state index in [1.54, 1.807) is 18.2 Å². The first-order valence-corrected chi connectivity index (χ1v) is 10.7. The molecule has 2 fully saturated rings. The number of carbonyl (C=O) groups excluding carboxylic acids is 1. The standard InChI is InChI=1S/C22H24FN3O4S/c1-13-19(24-21(30-13)14-5-7-15(23)8-6-14)12-29-17-4-2-3-16(11-17)28-10-9-18-20(27)26-22(31)25-18/h5-9,16-17H,2-4,10-12H2,1H3,(H2,25,26,27,31)/t16-,17+/m1/s1. The third-order valence-corrected chi connectivity index (χ3v) is 5.56. The lowest BCUT2D eigenvalue weighted by molar-refractivity contribution is -0.115. The van der Waals surface area contributed by atoms with E-state index in [0.29, 0.717) is 35.7 Å². The second-order valence-electron chi connectivity index (χ2n) is 7.61. The van der Waals surface area contributed by atoms with E-state index in [1.807, 2.05) is 6.92 Å². The van der Waals surface area contributed by atoms with Crippen molar-refractivity contribution in [3.05, 3.63) is 53.3 Å². The van der Waals surface area contributed by atoms with Crippen LogP contribution in [0.2, 0.25) is 0 Å². The Morgan fingerprint density at radius 3 is 2.68 bits per heavy atom. The maximum absolute atomic E-state index is 13.1. The lowest BCUT2D eigenvalue weighted by Gasteiger charge is -2.28. The first-order valence-electron chi connectivity index (χ1n) is 10.3. The van der Waals surface area contributed by atoms with Gasteiger partial charge in [0.1, 0.15) is 23.0 Å². The normalized spacial score (nSPS) is 22.6. The van der Waals surface area contributed by atoms with Gasteiger partial charge in [-0.3, -0.25) is 10.1 Å². The molecule has 2 atom stereocenters. The number of hydrogen-bond donors (Lipinski definition) is 2. The van der Waals surface area contributed by atoms with Gasteiger partial charge in [0.2, 0.25) is 5.89 Å². The van der Waals surface area contributed by atoms with Gasteiger partial charge in [-0.2, -0.15) is 0 Å². The van der Waals surface area contributed by atoms with Crippen molar-refractivity contribution < 1.29 is 23.1 Å². The Labute approximate surface area is 185 Å². The Kier molecular flexibility index (Phi) is 6.74. The van der Waals surface area contributed by atoms with Gasteiger partial charge in [-0.1, -0.05) is 0 Å². The second-order valence-corrected chi connectivity index (χ2v) is 8.02. The molecular formula is C22H24FN3O4S. The Balaban J connectivity index is 1.27. The Morgan fingerprint density at radius 2 is 1.97 bits per heavy atom. The third kappa shape index (κ3) is 5.55. The number of benzene rings is 1. The van der Waals surface area contributed by atoms with Crippen molar-refractivity contribution in [2.24, 2.45) is 0 Å². The largest absolute Gasteiger partial charge is 0.441 e. The van der Waals surface area contributed by atoms with E-state index in [4.69, 9.17) is 26.1 Å². The minimum atomic E-state index is -0.299. The van der Waals surface area contributed by atoms with Crippen molar-refractivity contribution in [3.63, 3.8) is 0 Å². The third-order valence-electron chi connectivity index (χ3n) is 5.36. The molecule has 31 heavy (non-hydrogen) atoms. The molecule has 7 nitrogen and oxygen atoms in total. The Morgan fingerprint density at radius 1 is 1.23 bits per heavy atom. The lowest BCUT2D eigenvalue weighted by atomic mass is 9.95. The topological polar surface area (TPSA) is 85.6 Å². The summed E-state index contributed by atoms with van der Waals surface area (Å²) in [5.74, 6) is 0.612. The van der Waals surface area contributed by atoms with Crippen LogP contribution in [-0.2, 0) is 20.9 Å². The van der Waals surface area contributed by atoms with Gasteiger partial charge in [0.05, 0.1) is 25.4 Å². The summed E-state index contributed by atoms with van der Waals surface area (Å²) >= 11 is 4.91. The van der Waals surface area contributed by atoms with Crippen LogP contribution in [0.15, 0.2) is 40.5 Å². The number of rotatable bonds is 7. The number of hydrogen-bond acceptors (Lipinski definition) is 6. The average molecular weight is 446 g/mol. The Bertz CT molecular complexity index is 989. The number of oxazole rings is 1. The van der Waals surface area contributed by atoms with Crippen LogP contribution in [0.3, 0.4) is 0 Å². The molecule has 1 aromatic carbocycles. The van der Waals surface area contributed by atoms with Crippen molar-refractivity contribution in [3.8, 4) is 11.5 Å². The number of nitrogens with zero attached hydrogens (tertiary/aromatic N) is 1. The molecule has 1 aliphatic heterocycles. The van der Waals surface area contributed by atoms with E-state index >= 15 is 0 Å². The fourth-order valence-corrected chi connectivity index (χ4v) is 3.87. The van der Waals surface area contributed by atoms with Crippen LogP contribution in [0.4, 0.5) is 4.39 Å². The van der Waals surface area contributed by atoms with E-state index in [2.05, 4.69) is 15.6 Å². The molecule has 9 heteroatoms. The molecule has 1 saturated carbocycles. The summed E-state index contributed by atoms with van der Waals surface area (Å²) in [6.45, 7) is 2.52. The SMILES string of the molecule is Cc1oc(-c2ccc(F)cc2)nc1CO[C@H]1CCC[C@@H](OCC=C2NC(=S)NC2=O)C1.